The van der Waals surface area contributed by atoms with Gasteiger partial charge in [0.2, 0.25) is 5.91 Å². The number of imidazole rings is 1. The highest BCUT2D eigenvalue weighted by Gasteiger charge is 2.16. The van der Waals surface area contributed by atoms with Crippen LogP contribution in [0.1, 0.15) is 28.9 Å². The summed E-state index contributed by atoms with van der Waals surface area (Å²) < 4.78 is 13.0. The van der Waals surface area contributed by atoms with Crippen LogP contribution < -0.4 is 20.1 Å². The van der Waals surface area contributed by atoms with Crippen LogP contribution in [0, 0.1) is 0 Å². The van der Waals surface area contributed by atoms with Crippen LogP contribution in [0.2, 0.25) is 0 Å². The molecular weight excluding hydrogens is 428 g/mol. The lowest BCUT2D eigenvalue weighted by molar-refractivity contribution is -0.113. The first-order valence-corrected chi connectivity index (χ1v) is 11.2. The van der Waals surface area contributed by atoms with Crippen LogP contribution in [0.25, 0.3) is 0 Å². The van der Waals surface area contributed by atoms with Crippen LogP contribution in [0.5, 0.6) is 11.5 Å². The van der Waals surface area contributed by atoms with Gasteiger partial charge in [0.25, 0.3) is 5.91 Å². The summed E-state index contributed by atoms with van der Waals surface area (Å²) in [4.78, 5) is 29.0. The van der Waals surface area contributed by atoms with Crippen LogP contribution in [0.4, 0.5) is 5.69 Å². The lowest BCUT2D eigenvalue weighted by Crippen LogP contribution is -2.27. The molecule has 1 aliphatic rings. The molecule has 3 aromatic rings. The summed E-state index contributed by atoms with van der Waals surface area (Å²) in [5.41, 5.74) is 2.07. The van der Waals surface area contributed by atoms with Gasteiger partial charge < -0.3 is 24.7 Å². The van der Waals surface area contributed by atoms with Crippen molar-refractivity contribution in [1.82, 2.24) is 14.9 Å². The topological polar surface area (TPSA) is 94.5 Å². The van der Waals surface area contributed by atoms with E-state index in [9.17, 15) is 9.59 Å². The maximum absolute atomic E-state index is 12.6. The Labute approximate surface area is 190 Å². The van der Waals surface area contributed by atoms with Crippen molar-refractivity contribution in [3.8, 4) is 11.5 Å². The molecule has 166 valence electrons. The molecule has 2 amide bonds. The Hall–Kier alpha value is -3.46. The number of nitrogens with zero attached hydrogens (tertiary/aromatic N) is 2. The van der Waals surface area contributed by atoms with Gasteiger partial charge in [-0.1, -0.05) is 17.8 Å². The number of carbonyl (C=O) groups is 2. The summed E-state index contributed by atoms with van der Waals surface area (Å²) in [7, 11) is 1.88. The third kappa shape index (κ3) is 5.23. The summed E-state index contributed by atoms with van der Waals surface area (Å²) in [5, 5.41) is 6.59. The molecule has 0 unspecified atom stereocenters. The predicted molar refractivity (Wildman–Crippen MR) is 122 cm³/mol. The zero-order valence-corrected chi connectivity index (χ0v) is 18.6. The third-order valence-corrected chi connectivity index (χ3v) is 6.01. The SMILES string of the molecule is C[C@@H](NC(=O)c1ccc(NC(=O)CSc2nccn2C)cc1)c1ccc2c(c1)OCCO2. The van der Waals surface area contributed by atoms with E-state index in [1.807, 2.05) is 42.9 Å². The van der Waals surface area contributed by atoms with Crippen molar-refractivity contribution in [2.75, 3.05) is 24.3 Å². The number of aryl methyl sites for hydroxylation is 1. The quantitative estimate of drug-likeness (QED) is 0.534. The second-order valence-electron chi connectivity index (χ2n) is 7.33. The lowest BCUT2D eigenvalue weighted by Gasteiger charge is -2.21. The Bertz CT molecular complexity index is 1110. The Balaban J connectivity index is 1.30. The lowest BCUT2D eigenvalue weighted by atomic mass is 10.1. The highest BCUT2D eigenvalue weighted by molar-refractivity contribution is 7.99. The van der Waals surface area contributed by atoms with Crippen molar-refractivity contribution in [2.45, 2.75) is 18.1 Å². The monoisotopic (exact) mass is 452 g/mol. The molecule has 0 aliphatic carbocycles. The Kier molecular flexibility index (Phi) is 6.65. The minimum atomic E-state index is -0.208. The zero-order chi connectivity index (χ0) is 22.5. The van der Waals surface area contributed by atoms with Crippen molar-refractivity contribution in [3.05, 3.63) is 66.0 Å². The summed E-state index contributed by atoms with van der Waals surface area (Å²) in [6, 6.07) is 12.3. The largest absolute Gasteiger partial charge is 0.486 e. The molecule has 2 N–H and O–H groups in total. The fourth-order valence-electron chi connectivity index (χ4n) is 3.22. The molecule has 4 rings (SSSR count). The van der Waals surface area contributed by atoms with E-state index in [1.165, 1.54) is 11.8 Å². The van der Waals surface area contributed by atoms with Gasteiger partial charge in [-0.2, -0.15) is 0 Å². The molecule has 0 fully saturated rings. The number of rotatable bonds is 7. The minimum absolute atomic E-state index is 0.137. The number of anilines is 1. The molecule has 1 aliphatic heterocycles. The fourth-order valence-corrected chi connectivity index (χ4v) is 3.95. The Morgan fingerprint density at radius 1 is 1.12 bits per heavy atom. The molecule has 9 heteroatoms. The van der Waals surface area contributed by atoms with Gasteiger partial charge in [-0.3, -0.25) is 9.59 Å². The molecule has 2 aromatic carbocycles. The van der Waals surface area contributed by atoms with Gasteiger partial charge >= 0.3 is 0 Å². The van der Waals surface area contributed by atoms with Crippen LogP contribution >= 0.6 is 11.8 Å². The van der Waals surface area contributed by atoms with Crippen LogP contribution in [-0.4, -0.2) is 40.3 Å². The summed E-state index contributed by atoms with van der Waals surface area (Å²) >= 11 is 1.36. The first-order chi connectivity index (χ1) is 15.5. The average Bonchev–Trinajstić information content (AvgIpc) is 3.22. The Morgan fingerprint density at radius 2 is 1.88 bits per heavy atom. The zero-order valence-electron chi connectivity index (χ0n) is 17.8. The molecule has 0 saturated carbocycles. The van der Waals surface area contributed by atoms with E-state index < -0.39 is 0 Å². The minimum Gasteiger partial charge on any atom is -0.486 e. The van der Waals surface area contributed by atoms with E-state index in [0.29, 0.717) is 30.2 Å². The average molecular weight is 453 g/mol. The number of ether oxygens (including phenoxy) is 2. The second kappa shape index (κ2) is 9.78. The van der Waals surface area contributed by atoms with Crippen molar-refractivity contribution in [1.29, 1.82) is 0 Å². The smallest absolute Gasteiger partial charge is 0.251 e. The van der Waals surface area contributed by atoms with E-state index >= 15 is 0 Å². The highest BCUT2D eigenvalue weighted by atomic mass is 32.2. The molecule has 0 saturated heterocycles. The highest BCUT2D eigenvalue weighted by Crippen LogP contribution is 2.32. The van der Waals surface area contributed by atoms with Crippen molar-refractivity contribution < 1.29 is 19.1 Å². The second-order valence-corrected chi connectivity index (χ2v) is 8.28. The fraction of sp³-hybridized carbons (Fsp3) is 0.261. The van der Waals surface area contributed by atoms with Crippen molar-refractivity contribution in [3.63, 3.8) is 0 Å². The summed E-state index contributed by atoms with van der Waals surface area (Å²) in [6.45, 7) is 2.97. The number of aromatic nitrogens is 2. The molecular formula is C23H24N4O4S. The molecule has 1 aromatic heterocycles. The van der Waals surface area contributed by atoms with Crippen LogP contribution in [0.3, 0.4) is 0 Å². The van der Waals surface area contributed by atoms with Gasteiger partial charge in [-0.05, 0) is 48.9 Å². The third-order valence-electron chi connectivity index (χ3n) is 4.95. The van der Waals surface area contributed by atoms with Gasteiger partial charge in [0.15, 0.2) is 16.7 Å². The van der Waals surface area contributed by atoms with Gasteiger partial charge in [0, 0.05) is 30.7 Å². The molecule has 32 heavy (non-hydrogen) atoms. The molecule has 8 nitrogen and oxygen atoms in total. The first kappa shape index (κ1) is 21.8. The van der Waals surface area contributed by atoms with E-state index in [1.54, 1.807) is 30.5 Å². The van der Waals surface area contributed by atoms with Gasteiger partial charge in [0.05, 0.1) is 11.8 Å². The Morgan fingerprint density at radius 3 is 2.59 bits per heavy atom. The number of nitrogens with one attached hydrogen (secondary N) is 2. The molecule has 0 radical (unpaired) electrons. The predicted octanol–water partition coefficient (Wildman–Crippen LogP) is 3.41. The van der Waals surface area contributed by atoms with Gasteiger partial charge in [-0.15, -0.1) is 0 Å². The normalized spacial score (nSPS) is 13.3. The number of hydrogen-bond acceptors (Lipinski definition) is 6. The van der Waals surface area contributed by atoms with Crippen molar-refractivity contribution >= 4 is 29.3 Å². The maximum Gasteiger partial charge on any atom is 0.251 e. The number of carbonyl (C=O) groups excluding carboxylic acids is 2. The van der Waals surface area contributed by atoms with Gasteiger partial charge in [-0.25, -0.2) is 4.98 Å². The molecule has 2 heterocycles. The number of fused-ring (bicyclic) bond motifs is 1. The number of hydrogen-bond donors (Lipinski definition) is 2. The van der Waals surface area contributed by atoms with E-state index in [4.69, 9.17) is 9.47 Å². The van der Waals surface area contributed by atoms with Gasteiger partial charge in [0.1, 0.15) is 13.2 Å². The standard InChI is InChI=1S/C23H24N4O4S/c1-15(17-5-8-19-20(13-17)31-12-11-30-19)25-22(29)16-3-6-18(7-4-16)26-21(28)14-32-23-24-9-10-27(23)2/h3-10,13,15H,11-12,14H2,1-2H3,(H,25,29)(H,26,28)/t15-/m1/s1. The van der Waals surface area contributed by atoms with E-state index in [0.717, 1.165) is 16.5 Å². The summed E-state index contributed by atoms with van der Waals surface area (Å²) in [5.74, 6) is 1.32. The van der Waals surface area contributed by atoms with Crippen molar-refractivity contribution in [2.24, 2.45) is 7.05 Å². The summed E-state index contributed by atoms with van der Waals surface area (Å²) in [6.07, 6.45) is 3.53. The molecule has 1 atom stereocenters. The number of benzene rings is 2. The van der Waals surface area contributed by atoms with E-state index in [2.05, 4.69) is 15.6 Å². The van der Waals surface area contributed by atoms with Crippen LogP contribution in [-0.2, 0) is 11.8 Å². The van der Waals surface area contributed by atoms with Crippen LogP contribution in [0.15, 0.2) is 60.0 Å². The maximum atomic E-state index is 12.6. The molecule has 0 spiro atoms. The number of amides is 2. The number of thioether (sulfide) groups is 1. The first-order valence-electron chi connectivity index (χ1n) is 10.2. The van der Waals surface area contributed by atoms with E-state index in [-0.39, 0.29) is 23.6 Å². The molecule has 0 bridgehead atoms.